The van der Waals surface area contributed by atoms with Crippen molar-refractivity contribution in [2.45, 2.75) is 43.7 Å². The first-order chi connectivity index (χ1) is 15.7. The molecule has 0 spiro atoms. The Balaban J connectivity index is 1.59. The van der Waals surface area contributed by atoms with Gasteiger partial charge in [-0.05, 0) is 22.8 Å². The van der Waals surface area contributed by atoms with Gasteiger partial charge in [-0.2, -0.15) is 0 Å². The second kappa shape index (κ2) is 9.24. The molecule has 0 aliphatic carbocycles. The number of carbonyl (C=O) groups excluding carboxylic acids is 1. The molecule has 33 heavy (non-hydrogen) atoms. The molecule has 4 rings (SSSR count). The number of hydrogen-bond acceptors (Lipinski definition) is 7. The van der Waals surface area contributed by atoms with Crippen LogP contribution in [-0.4, -0.2) is 77.1 Å². The summed E-state index contributed by atoms with van der Waals surface area (Å²) in [5, 5.41) is 42.0. The molecule has 176 valence electrons. The fraction of sp³-hybridized carbons (Fsp3) is 0.400. The zero-order valence-corrected chi connectivity index (χ0v) is 18.6. The minimum Gasteiger partial charge on any atom is -0.547 e. The molecular weight excluding hydrogens is 426 g/mol. The zero-order chi connectivity index (χ0) is 23.8. The SMILES string of the molecule is C[N+](C)(CC/C=C1\c2ccccc2COc2ccccc21)C1OC(C(=O)[O-])C(O)C(O)C1O. The maximum atomic E-state index is 11.4. The van der Waals surface area contributed by atoms with E-state index in [0.29, 0.717) is 19.6 Å². The van der Waals surface area contributed by atoms with Crippen LogP contribution in [0.3, 0.4) is 0 Å². The fourth-order valence-electron chi connectivity index (χ4n) is 4.55. The van der Waals surface area contributed by atoms with Crippen LogP contribution in [0, 0.1) is 0 Å². The number of nitrogens with zero attached hydrogens (tertiary/aromatic N) is 1. The summed E-state index contributed by atoms with van der Waals surface area (Å²) in [6, 6.07) is 15.9. The number of carbonyl (C=O) groups is 1. The van der Waals surface area contributed by atoms with E-state index in [9.17, 15) is 25.2 Å². The van der Waals surface area contributed by atoms with Crippen LogP contribution < -0.4 is 9.84 Å². The highest BCUT2D eigenvalue weighted by atomic mass is 16.6. The lowest BCUT2D eigenvalue weighted by molar-refractivity contribution is -0.944. The number of ether oxygens (including phenoxy) is 2. The number of hydrogen-bond donors (Lipinski definition) is 3. The smallest absolute Gasteiger partial charge is 0.222 e. The van der Waals surface area contributed by atoms with Crippen LogP contribution in [0.2, 0.25) is 0 Å². The first-order valence-electron chi connectivity index (χ1n) is 10.9. The third kappa shape index (κ3) is 4.53. The monoisotopic (exact) mass is 455 g/mol. The molecular formula is C25H29NO7. The Morgan fingerprint density at radius 1 is 1.03 bits per heavy atom. The molecule has 0 saturated carbocycles. The Labute approximate surface area is 192 Å². The van der Waals surface area contributed by atoms with E-state index in [1.165, 1.54) is 0 Å². The maximum Gasteiger partial charge on any atom is 0.222 e. The first kappa shape index (κ1) is 23.4. The molecule has 5 atom stereocenters. The summed E-state index contributed by atoms with van der Waals surface area (Å²) in [5.74, 6) is -0.833. The number of fused-ring (bicyclic) bond motifs is 2. The standard InChI is InChI=1S/C25H29NO7/c1-26(2,24-22(29)20(27)21(28)23(33-24)25(30)31)13-7-11-17-16-9-4-3-8-15(16)14-32-19-12-6-5-10-18(17)19/h3-6,8-12,20-24,27-29H,7,13-14H2,1-2H3/b17-11+. The van der Waals surface area contributed by atoms with Crippen LogP contribution in [0.4, 0.5) is 0 Å². The molecule has 1 fully saturated rings. The number of aliphatic hydroxyl groups excluding tert-OH is 3. The van der Waals surface area contributed by atoms with E-state index in [0.717, 1.165) is 28.0 Å². The van der Waals surface area contributed by atoms with Crippen LogP contribution in [0.1, 0.15) is 23.1 Å². The number of aliphatic hydroxyl groups is 3. The van der Waals surface area contributed by atoms with Crippen LogP contribution in [0.5, 0.6) is 5.75 Å². The highest BCUT2D eigenvalue weighted by Crippen LogP contribution is 2.37. The lowest BCUT2D eigenvalue weighted by atomic mass is 9.93. The van der Waals surface area contributed by atoms with Gasteiger partial charge in [0.1, 0.15) is 30.7 Å². The molecule has 8 heteroatoms. The van der Waals surface area contributed by atoms with Gasteiger partial charge in [0.2, 0.25) is 6.23 Å². The van der Waals surface area contributed by atoms with Crippen molar-refractivity contribution in [3.8, 4) is 5.75 Å². The molecule has 1 saturated heterocycles. The molecule has 2 aliphatic rings. The Morgan fingerprint density at radius 3 is 2.42 bits per heavy atom. The molecule has 0 aromatic heterocycles. The van der Waals surface area contributed by atoms with E-state index in [4.69, 9.17) is 9.47 Å². The van der Waals surface area contributed by atoms with E-state index < -0.39 is 36.6 Å². The summed E-state index contributed by atoms with van der Waals surface area (Å²) in [7, 11) is 3.56. The molecule has 0 bridgehead atoms. The highest BCUT2D eigenvalue weighted by molar-refractivity contribution is 5.84. The second-order valence-electron chi connectivity index (χ2n) is 9.09. The molecule has 0 amide bonds. The quantitative estimate of drug-likeness (QED) is 0.545. The Bertz CT molecular complexity index is 1000. The average Bonchev–Trinajstić information content (AvgIpc) is 2.94. The molecule has 5 unspecified atom stereocenters. The van der Waals surface area contributed by atoms with Gasteiger partial charge in [-0.25, -0.2) is 0 Å². The normalized spacial score (nSPS) is 28.4. The molecule has 2 aromatic rings. The lowest BCUT2D eigenvalue weighted by Crippen LogP contribution is -2.69. The topological polar surface area (TPSA) is 119 Å². The van der Waals surface area contributed by atoms with E-state index in [1.807, 2.05) is 42.5 Å². The number of carboxylic acid groups (broad SMARTS) is 1. The van der Waals surface area contributed by atoms with Crippen molar-refractivity contribution in [1.29, 1.82) is 0 Å². The van der Waals surface area contributed by atoms with Gasteiger partial charge < -0.3 is 39.2 Å². The van der Waals surface area contributed by atoms with Crippen molar-refractivity contribution in [3.05, 3.63) is 71.3 Å². The molecule has 8 nitrogen and oxygen atoms in total. The third-order valence-corrected chi connectivity index (χ3v) is 6.43. The summed E-state index contributed by atoms with van der Waals surface area (Å²) >= 11 is 0. The van der Waals surface area contributed by atoms with Crippen molar-refractivity contribution >= 4 is 11.5 Å². The Kier molecular flexibility index (Phi) is 6.56. The van der Waals surface area contributed by atoms with E-state index in [1.54, 1.807) is 14.1 Å². The summed E-state index contributed by atoms with van der Waals surface area (Å²) in [4.78, 5) is 11.4. The molecule has 2 aliphatic heterocycles. The molecule has 2 heterocycles. The summed E-state index contributed by atoms with van der Waals surface area (Å²) in [6.45, 7) is 0.942. The number of aliphatic carboxylic acids is 1. The second-order valence-corrected chi connectivity index (χ2v) is 9.09. The van der Waals surface area contributed by atoms with Crippen LogP contribution in [-0.2, 0) is 16.1 Å². The van der Waals surface area contributed by atoms with Crippen LogP contribution in [0.15, 0.2) is 54.6 Å². The van der Waals surface area contributed by atoms with Gasteiger partial charge in [-0.3, -0.25) is 0 Å². The lowest BCUT2D eigenvalue weighted by Gasteiger charge is -2.47. The van der Waals surface area contributed by atoms with E-state index in [-0.39, 0.29) is 4.48 Å². The van der Waals surface area contributed by atoms with Crippen LogP contribution in [0.25, 0.3) is 5.57 Å². The predicted octanol–water partition coefficient (Wildman–Crippen LogP) is 0.0347. The van der Waals surface area contributed by atoms with Gasteiger partial charge in [0.25, 0.3) is 0 Å². The van der Waals surface area contributed by atoms with Gasteiger partial charge in [0.15, 0.2) is 6.10 Å². The molecule has 3 N–H and O–H groups in total. The maximum absolute atomic E-state index is 11.4. The van der Waals surface area contributed by atoms with Crippen molar-refractivity contribution in [3.63, 3.8) is 0 Å². The number of quaternary nitrogens is 1. The van der Waals surface area contributed by atoms with Gasteiger partial charge in [-0.1, -0.05) is 48.5 Å². The number of carboxylic acids is 1. The average molecular weight is 456 g/mol. The van der Waals surface area contributed by atoms with Crippen molar-refractivity contribution in [2.24, 2.45) is 0 Å². The van der Waals surface area contributed by atoms with E-state index >= 15 is 0 Å². The minimum atomic E-state index is -1.76. The zero-order valence-electron chi connectivity index (χ0n) is 18.6. The van der Waals surface area contributed by atoms with Gasteiger partial charge in [0, 0.05) is 12.0 Å². The Morgan fingerprint density at radius 2 is 1.70 bits per heavy atom. The third-order valence-electron chi connectivity index (χ3n) is 6.43. The van der Waals surface area contributed by atoms with E-state index in [2.05, 4.69) is 12.1 Å². The number of benzene rings is 2. The summed E-state index contributed by atoms with van der Waals surface area (Å²) in [6.07, 6.45) is -4.97. The fourth-order valence-corrected chi connectivity index (χ4v) is 4.55. The minimum absolute atomic E-state index is 0.0678. The van der Waals surface area contributed by atoms with Gasteiger partial charge in [-0.15, -0.1) is 0 Å². The molecule has 0 radical (unpaired) electrons. The van der Waals surface area contributed by atoms with Crippen molar-refractivity contribution in [2.75, 3.05) is 20.6 Å². The number of likely N-dealkylation sites (N-methyl/N-ethyl adjacent to an activating group) is 1. The predicted molar refractivity (Wildman–Crippen MR) is 118 cm³/mol. The van der Waals surface area contributed by atoms with Crippen molar-refractivity contribution < 1.29 is 39.2 Å². The number of rotatable bonds is 5. The number of para-hydroxylation sites is 1. The van der Waals surface area contributed by atoms with Gasteiger partial charge in [0.05, 0.1) is 26.6 Å². The molecule has 2 aromatic carbocycles. The first-order valence-corrected chi connectivity index (χ1v) is 10.9. The summed E-state index contributed by atoms with van der Waals surface area (Å²) in [5.41, 5.74) is 4.18. The summed E-state index contributed by atoms with van der Waals surface area (Å²) < 4.78 is 11.6. The Hall–Kier alpha value is -2.75. The van der Waals surface area contributed by atoms with Crippen LogP contribution >= 0.6 is 0 Å². The highest BCUT2D eigenvalue weighted by Gasteiger charge is 2.50. The van der Waals surface area contributed by atoms with Gasteiger partial charge >= 0.3 is 0 Å². The largest absolute Gasteiger partial charge is 0.547 e. The van der Waals surface area contributed by atoms with Crippen molar-refractivity contribution in [1.82, 2.24) is 0 Å².